The van der Waals surface area contributed by atoms with E-state index in [1.54, 1.807) is 10.9 Å². The Bertz CT molecular complexity index is 706. The van der Waals surface area contributed by atoms with Crippen molar-refractivity contribution in [1.29, 1.82) is 0 Å². The van der Waals surface area contributed by atoms with Gasteiger partial charge >= 0.3 is 0 Å². The summed E-state index contributed by atoms with van der Waals surface area (Å²) < 4.78 is 1.74. The molecule has 2 amide bonds. The van der Waals surface area contributed by atoms with Gasteiger partial charge in [-0.15, -0.1) is 0 Å². The Kier molecular flexibility index (Phi) is 6.50. The molecule has 1 aromatic rings. The third-order valence-electron chi connectivity index (χ3n) is 6.60. The summed E-state index contributed by atoms with van der Waals surface area (Å²) in [6.45, 7) is 4.61. The van der Waals surface area contributed by atoms with E-state index < -0.39 is 0 Å². The molecule has 0 bridgehead atoms. The first-order chi connectivity index (χ1) is 14.1. The third kappa shape index (κ3) is 4.98. The average Bonchev–Trinajstić information content (AvgIpc) is 3.16. The van der Waals surface area contributed by atoms with Crippen LogP contribution in [0.5, 0.6) is 0 Å². The minimum Gasteiger partial charge on any atom is -0.352 e. The lowest BCUT2D eigenvalue weighted by Crippen LogP contribution is -2.58. The van der Waals surface area contributed by atoms with Crippen molar-refractivity contribution in [2.24, 2.45) is 7.05 Å². The van der Waals surface area contributed by atoms with E-state index in [4.69, 9.17) is 0 Å². The molecule has 2 aliphatic heterocycles. The van der Waals surface area contributed by atoms with Gasteiger partial charge in [0.1, 0.15) is 0 Å². The van der Waals surface area contributed by atoms with Crippen molar-refractivity contribution in [3.05, 3.63) is 12.4 Å². The number of nitrogens with zero attached hydrogens (tertiary/aromatic N) is 5. The molecular formula is C21H34N6O2. The van der Waals surface area contributed by atoms with Crippen LogP contribution in [0.3, 0.4) is 0 Å². The van der Waals surface area contributed by atoms with Crippen molar-refractivity contribution in [2.75, 3.05) is 44.2 Å². The number of carbonyl (C=O) groups excluding carboxylic acids is 2. The van der Waals surface area contributed by atoms with Crippen molar-refractivity contribution in [1.82, 2.24) is 24.9 Å². The Morgan fingerprint density at radius 2 is 1.83 bits per heavy atom. The number of piperazine rings is 1. The number of carbonyl (C=O) groups is 2. The van der Waals surface area contributed by atoms with Gasteiger partial charge in [0.05, 0.1) is 24.5 Å². The fourth-order valence-corrected chi connectivity index (χ4v) is 4.96. The summed E-state index contributed by atoms with van der Waals surface area (Å²) >= 11 is 0. The highest BCUT2D eigenvalue weighted by molar-refractivity contribution is 5.97. The summed E-state index contributed by atoms with van der Waals surface area (Å²) in [6.07, 6.45) is 11.6. The normalized spacial score (nSPS) is 25.3. The molecule has 0 aromatic carbocycles. The molecule has 0 radical (unpaired) electrons. The number of piperidine rings is 1. The van der Waals surface area contributed by atoms with Gasteiger partial charge in [0.25, 0.3) is 0 Å². The topological polar surface area (TPSA) is 73.7 Å². The van der Waals surface area contributed by atoms with Crippen molar-refractivity contribution >= 4 is 17.5 Å². The van der Waals surface area contributed by atoms with E-state index in [9.17, 15) is 9.59 Å². The molecule has 1 saturated carbocycles. The highest BCUT2D eigenvalue weighted by Gasteiger charge is 2.36. The minimum absolute atomic E-state index is 0.0535. The molecule has 1 aromatic heterocycles. The van der Waals surface area contributed by atoms with E-state index in [0.29, 0.717) is 12.6 Å². The van der Waals surface area contributed by atoms with E-state index in [1.807, 2.05) is 18.1 Å². The van der Waals surface area contributed by atoms with Gasteiger partial charge in [-0.1, -0.05) is 19.3 Å². The maximum atomic E-state index is 13.1. The van der Waals surface area contributed by atoms with E-state index in [0.717, 1.165) is 64.1 Å². The van der Waals surface area contributed by atoms with E-state index in [1.165, 1.54) is 19.3 Å². The van der Waals surface area contributed by atoms with Gasteiger partial charge in [0.2, 0.25) is 11.8 Å². The van der Waals surface area contributed by atoms with Crippen LogP contribution in [0.15, 0.2) is 12.4 Å². The maximum Gasteiger partial charge on any atom is 0.244 e. The molecule has 0 unspecified atom stereocenters. The molecule has 1 aliphatic carbocycles. The first-order valence-corrected chi connectivity index (χ1v) is 11.2. The smallest absolute Gasteiger partial charge is 0.244 e. The standard InChI is InChI=1S/C21H34N6O2/c1-24-15-18(14-22-24)27-9-5-8-19(21(27)29)26-12-10-25(11-13-26)16-20(28)23-17-6-3-2-4-7-17/h14-15,17,19H,2-13,16H2,1H3,(H,23,28)/t19-/m1/s1. The van der Waals surface area contributed by atoms with Gasteiger partial charge in [0, 0.05) is 52.0 Å². The first kappa shape index (κ1) is 20.3. The fourth-order valence-electron chi connectivity index (χ4n) is 4.96. The number of aryl methyl sites for hydroxylation is 1. The molecule has 3 fully saturated rings. The summed E-state index contributed by atoms with van der Waals surface area (Å²) in [5.41, 5.74) is 0.889. The second-order valence-electron chi connectivity index (χ2n) is 8.73. The molecule has 160 valence electrons. The third-order valence-corrected chi connectivity index (χ3v) is 6.60. The van der Waals surface area contributed by atoms with Crippen molar-refractivity contribution in [3.63, 3.8) is 0 Å². The number of nitrogens with one attached hydrogen (secondary N) is 1. The van der Waals surface area contributed by atoms with Crippen LogP contribution in [0.4, 0.5) is 5.69 Å². The Hall–Kier alpha value is -1.93. The molecule has 3 heterocycles. The van der Waals surface area contributed by atoms with E-state index in [-0.39, 0.29) is 17.9 Å². The molecular weight excluding hydrogens is 368 g/mol. The SMILES string of the molecule is Cn1cc(N2CCC[C@@H](N3CCN(CC(=O)NC4CCCCC4)CC3)C2=O)cn1. The van der Waals surface area contributed by atoms with Crippen LogP contribution in [0, 0.1) is 0 Å². The molecule has 3 aliphatic rings. The molecule has 4 rings (SSSR count). The summed E-state index contributed by atoms with van der Waals surface area (Å²) in [6, 6.07) is 0.318. The lowest BCUT2D eigenvalue weighted by Gasteiger charge is -2.42. The van der Waals surface area contributed by atoms with E-state index in [2.05, 4.69) is 20.2 Å². The summed E-state index contributed by atoms with van der Waals surface area (Å²) in [7, 11) is 1.87. The summed E-state index contributed by atoms with van der Waals surface area (Å²) in [5, 5.41) is 7.42. The van der Waals surface area contributed by atoms with Gasteiger partial charge < -0.3 is 10.2 Å². The van der Waals surface area contributed by atoms with Gasteiger partial charge in [-0.05, 0) is 25.7 Å². The number of amides is 2. The van der Waals surface area contributed by atoms with Gasteiger partial charge in [0.15, 0.2) is 0 Å². The molecule has 8 nitrogen and oxygen atoms in total. The fraction of sp³-hybridized carbons (Fsp3) is 0.762. The van der Waals surface area contributed by atoms with Crippen LogP contribution >= 0.6 is 0 Å². The van der Waals surface area contributed by atoms with Crippen molar-refractivity contribution < 1.29 is 9.59 Å². The number of aromatic nitrogens is 2. The molecule has 1 N–H and O–H groups in total. The number of hydrogen-bond donors (Lipinski definition) is 1. The number of hydrogen-bond acceptors (Lipinski definition) is 5. The van der Waals surface area contributed by atoms with Gasteiger partial charge in [-0.3, -0.25) is 24.1 Å². The number of rotatable bonds is 5. The maximum absolute atomic E-state index is 13.1. The van der Waals surface area contributed by atoms with Crippen LogP contribution in [0.25, 0.3) is 0 Å². The average molecular weight is 403 g/mol. The Balaban J connectivity index is 1.25. The van der Waals surface area contributed by atoms with Crippen molar-refractivity contribution in [2.45, 2.75) is 57.0 Å². The van der Waals surface area contributed by atoms with Crippen molar-refractivity contribution in [3.8, 4) is 0 Å². The highest BCUT2D eigenvalue weighted by Crippen LogP contribution is 2.24. The second kappa shape index (κ2) is 9.26. The van der Waals surface area contributed by atoms with Gasteiger partial charge in [-0.2, -0.15) is 5.10 Å². The predicted octanol–water partition coefficient (Wildman–Crippen LogP) is 0.982. The van der Waals surface area contributed by atoms with Crippen LogP contribution in [-0.2, 0) is 16.6 Å². The number of anilines is 1. The van der Waals surface area contributed by atoms with Crippen LogP contribution in [0.2, 0.25) is 0 Å². The molecule has 0 spiro atoms. The molecule has 1 atom stereocenters. The van der Waals surface area contributed by atoms with Crippen LogP contribution in [-0.4, -0.2) is 82.7 Å². The second-order valence-corrected chi connectivity index (χ2v) is 8.73. The highest BCUT2D eigenvalue weighted by atomic mass is 16.2. The van der Waals surface area contributed by atoms with Gasteiger partial charge in [-0.25, -0.2) is 0 Å². The Morgan fingerprint density at radius 3 is 2.52 bits per heavy atom. The quantitative estimate of drug-likeness (QED) is 0.795. The Labute approximate surface area is 173 Å². The zero-order valence-corrected chi connectivity index (χ0v) is 17.6. The zero-order valence-electron chi connectivity index (χ0n) is 17.6. The molecule has 8 heteroatoms. The lowest BCUT2D eigenvalue weighted by molar-refractivity contribution is -0.128. The molecule has 2 saturated heterocycles. The largest absolute Gasteiger partial charge is 0.352 e. The Morgan fingerprint density at radius 1 is 1.07 bits per heavy atom. The van der Waals surface area contributed by atoms with Crippen LogP contribution in [0.1, 0.15) is 44.9 Å². The van der Waals surface area contributed by atoms with Crippen LogP contribution < -0.4 is 10.2 Å². The minimum atomic E-state index is -0.0535. The monoisotopic (exact) mass is 402 g/mol. The molecule has 29 heavy (non-hydrogen) atoms. The zero-order chi connectivity index (χ0) is 20.2. The first-order valence-electron chi connectivity index (χ1n) is 11.2. The van der Waals surface area contributed by atoms with E-state index >= 15 is 0 Å². The lowest BCUT2D eigenvalue weighted by atomic mass is 9.95. The summed E-state index contributed by atoms with van der Waals surface area (Å²) in [4.78, 5) is 31.9. The summed E-state index contributed by atoms with van der Waals surface area (Å²) in [5.74, 6) is 0.342. The predicted molar refractivity (Wildman–Crippen MR) is 112 cm³/mol.